The molecule has 2 aliphatic rings. The van der Waals surface area contributed by atoms with E-state index in [1.54, 1.807) is 13.8 Å². The Morgan fingerprint density at radius 1 is 0.750 bits per heavy atom. The predicted octanol–water partition coefficient (Wildman–Crippen LogP) is -4.51. The van der Waals surface area contributed by atoms with Gasteiger partial charge in [0.1, 0.15) is 48.3 Å². The number of aryl methyl sites for hydroxylation is 2. The molecule has 0 aromatic carbocycles. The highest BCUT2D eigenvalue weighted by Gasteiger charge is 2.44. The van der Waals surface area contributed by atoms with Crippen molar-refractivity contribution in [3.63, 3.8) is 0 Å². The van der Waals surface area contributed by atoms with E-state index in [0.717, 1.165) is 9.13 Å². The third kappa shape index (κ3) is 5.25. The third-order valence-corrected chi connectivity index (χ3v) is 5.93. The molecule has 4 heterocycles. The van der Waals surface area contributed by atoms with Crippen molar-refractivity contribution in [3.05, 3.63) is 44.5 Å². The van der Waals surface area contributed by atoms with Crippen molar-refractivity contribution in [2.75, 3.05) is 24.7 Å². The van der Waals surface area contributed by atoms with Crippen LogP contribution < -0.4 is 22.8 Å². The molecule has 16 nitrogen and oxygen atoms in total. The van der Waals surface area contributed by atoms with E-state index in [1.165, 1.54) is 12.4 Å². The Labute approximate surface area is 203 Å². The van der Waals surface area contributed by atoms with Gasteiger partial charge in [-0.1, -0.05) is 0 Å². The Hall–Kier alpha value is -2.96. The second kappa shape index (κ2) is 11.0. The van der Waals surface area contributed by atoms with Gasteiger partial charge in [-0.05, 0) is 13.8 Å². The van der Waals surface area contributed by atoms with Crippen LogP contribution in [0.25, 0.3) is 0 Å². The molecule has 2 aromatic rings. The summed E-state index contributed by atoms with van der Waals surface area (Å²) in [7, 11) is 0. The molecule has 0 unspecified atom stereocenters. The highest BCUT2D eigenvalue weighted by molar-refractivity contribution is 5.35. The van der Waals surface area contributed by atoms with Crippen LogP contribution >= 0.6 is 0 Å². The largest absolute Gasteiger partial charge is 0.394 e. The van der Waals surface area contributed by atoms with Gasteiger partial charge in [0.2, 0.25) is 0 Å². The molecule has 4 rings (SSSR count). The van der Waals surface area contributed by atoms with Gasteiger partial charge in [-0.15, -0.1) is 0 Å². The van der Waals surface area contributed by atoms with Gasteiger partial charge in [0.05, 0.1) is 13.2 Å². The van der Waals surface area contributed by atoms with Crippen LogP contribution in [0.15, 0.2) is 22.0 Å². The number of aliphatic hydroxyl groups excluding tert-OH is 6. The van der Waals surface area contributed by atoms with Gasteiger partial charge in [0.15, 0.2) is 12.5 Å². The lowest BCUT2D eigenvalue weighted by atomic mass is 10.1. The number of ether oxygens (including phenoxy) is 2. The molecule has 0 amide bonds. The number of nitrogens with two attached hydrogens (primary N) is 2. The first kappa shape index (κ1) is 27.6. The zero-order valence-electron chi connectivity index (χ0n) is 19.4. The van der Waals surface area contributed by atoms with Gasteiger partial charge in [0.25, 0.3) is 0 Å². The molecule has 8 atom stereocenters. The zero-order chi connectivity index (χ0) is 26.9. The Balaban J connectivity index is 0.000000201. The molecule has 200 valence electrons. The highest BCUT2D eigenvalue weighted by Crippen LogP contribution is 2.29. The van der Waals surface area contributed by atoms with E-state index in [4.69, 9.17) is 31.2 Å². The quantitative estimate of drug-likeness (QED) is 0.191. The summed E-state index contributed by atoms with van der Waals surface area (Å²) in [5, 5.41) is 56.7. The summed E-state index contributed by atoms with van der Waals surface area (Å²) in [6, 6.07) is 0. The van der Waals surface area contributed by atoms with Crippen molar-refractivity contribution < 1.29 is 40.1 Å². The molecule has 2 aromatic heterocycles. The number of nitrogen functional groups attached to an aromatic ring is 2. The fourth-order valence-electron chi connectivity index (χ4n) is 3.74. The fourth-order valence-corrected chi connectivity index (χ4v) is 3.74. The average Bonchev–Trinajstić information content (AvgIpc) is 3.29. The number of anilines is 2. The van der Waals surface area contributed by atoms with Gasteiger partial charge in [-0.3, -0.25) is 9.13 Å². The first-order valence-corrected chi connectivity index (χ1v) is 10.9. The first-order chi connectivity index (χ1) is 16.9. The maximum Gasteiger partial charge on any atom is 0.351 e. The predicted molar refractivity (Wildman–Crippen MR) is 121 cm³/mol. The number of aromatic nitrogens is 4. The van der Waals surface area contributed by atoms with E-state index in [-0.39, 0.29) is 11.6 Å². The Morgan fingerprint density at radius 2 is 1.08 bits per heavy atom. The van der Waals surface area contributed by atoms with E-state index >= 15 is 0 Å². The Bertz CT molecular complexity index is 1100. The van der Waals surface area contributed by atoms with E-state index in [0.29, 0.717) is 11.1 Å². The molecule has 2 fully saturated rings. The van der Waals surface area contributed by atoms with Crippen LogP contribution in [0.3, 0.4) is 0 Å². The van der Waals surface area contributed by atoms with Crippen LogP contribution in [0.2, 0.25) is 0 Å². The molecule has 0 spiro atoms. The summed E-state index contributed by atoms with van der Waals surface area (Å²) in [5.41, 5.74) is 10.7. The lowest BCUT2D eigenvalue weighted by molar-refractivity contribution is -0.0550. The SMILES string of the molecule is Cc1cn([C@@H]2O[C@H](CO)[C@@H](O)[C@H]2O)c(=O)nc1N.Cc1cn([C@@H]2O[C@H](CO)[C@@H](O)[C@H]2O)c(=O)nc1N. The molecule has 2 aliphatic heterocycles. The van der Waals surface area contributed by atoms with Crippen molar-refractivity contribution >= 4 is 11.6 Å². The number of aliphatic hydroxyl groups is 6. The number of nitrogens with zero attached hydrogens (tertiary/aromatic N) is 4. The third-order valence-electron chi connectivity index (χ3n) is 5.93. The van der Waals surface area contributed by atoms with Gasteiger partial charge in [-0.2, -0.15) is 9.97 Å². The standard InChI is InChI=1S/2C10H15N3O5/c2*1-4-2-13(10(17)12-8(4)11)9-7(16)6(15)5(3-14)18-9/h2*2,5-7,9,14-16H,3H2,1H3,(H2,11,12,17)/t2*5-,6-,7-,9-/m11/s1. The summed E-state index contributed by atoms with van der Waals surface area (Å²) in [5.74, 6) is 0.200. The molecule has 0 saturated carbocycles. The molecule has 36 heavy (non-hydrogen) atoms. The monoisotopic (exact) mass is 514 g/mol. The molecule has 0 radical (unpaired) electrons. The lowest BCUT2D eigenvalue weighted by Crippen LogP contribution is -2.36. The highest BCUT2D eigenvalue weighted by atomic mass is 16.6. The van der Waals surface area contributed by atoms with Gasteiger partial charge >= 0.3 is 11.4 Å². The molecule has 0 aliphatic carbocycles. The first-order valence-electron chi connectivity index (χ1n) is 10.9. The maximum atomic E-state index is 11.7. The van der Waals surface area contributed by atoms with Gasteiger partial charge < -0.3 is 51.6 Å². The van der Waals surface area contributed by atoms with E-state index < -0.39 is 73.7 Å². The van der Waals surface area contributed by atoms with Crippen molar-refractivity contribution in [2.24, 2.45) is 0 Å². The number of rotatable bonds is 4. The van der Waals surface area contributed by atoms with Crippen LogP contribution in [-0.2, 0) is 9.47 Å². The van der Waals surface area contributed by atoms with Gasteiger partial charge in [0, 0.05) is 23.5 Å². The molecule has 2 saturated heterocycles. The Morgan fingerprint density at radius 3 is 1.36 bits per heavy atom. The minimum absolute atomic E-state index is 0.1000. The summed E-state index contributed by atoms with van der Waals surface area (Å²) in [4.78, 5) is 30.5. The fraction of sp³-hybridized carbons (Fsp3) is 0.600. The zero-order valence-corrected chi connectivity index (χ0v) is 19.4. The van der Waals surface area contributed by atoms with E-state index in [2.05, 4.69) is 9.97 Å². The molecular weight excluding hydrogens is 484 g/mol. The van der Waals surface area contributed by atoms with Crippen LogP contribution in [-0.4, -0.2) is 99.6 Å². The smallest absolute Gasteiger partial charge is 0.351 e. The van der Waals surface area contributed by atoms with Gasteiger partial charge in [-0.25, -0.2) is 9.59 Å². The van der Waals surface area contributed by atoms with Crippen molar-refractivity contribution in [1.29, 1.82) is 0 Å². The summed E-state index contributed by atoms with van der Waals surface area (Å²) >= 11 is 0. The number of hydrogen-bond acceptors (Lipinski definition) is 14. The van der Waals surface area contributed by atoms with Crippen molar-refractivity contribution in [2.45, 2.75) is 62.9 Å². The molecule has 0 bridgehead atoms. The lowest BCUT2D eigenvalue weighted by Gasteiger charge is -2.17. The topological polar surface area (TPSA) is 262 Å². The second-order valence-corrected chi connectivity index (χ2v) is 8.46. The molecule has 10 N–H and O–H groups in total. The minimum Gasteiger partial charge on any atom is -0.394 e. The number of hydrogen-bond donors (Lipinski definition) is 8. The van der Waals surface area contributed by atoms with Crippen LogP contribution in [0.4, 0.5) is 11.6 Å². The summed E-state index contributed by atoms with van der Waals surface area (Å²) < 4.78 is 12.6. The molecular formula is C20H30N6O10. The Kier molecular flexibility index (Phi) is 8.42. The normalized spacial score (nSPS) is 31.8. The summed E-state index contributed by atoms with van der Waals surface area (Å²) in [6.45, 7) is 2.40. The van der Waals surface area contributed by atoms with Crippen LogP contribution in [0, 0.1) is 13.8 Å². The maximum absolute atomic E-state index is 11.7. The van der Waals surface area contributed by atoms with Crippen molar-refractivity contribution in [3.8, 4) is 0 Å². The molecule has 16 heteroatoms. The van der Waals surface area contributed by atoms with Crippen LogP contribution in [0.1, 0.15) is 23.6 Å². The van der Waals surface area contributed by atoms with E-state index in [1.807, 2.05) is 0 Å². The summed E-state index contributed by atoms with van der Waals surface area (Å²) in [6.07, 6.45) is -6.41. The van der Waals surface area contributed by atoms with Crippen molar-refractivity contribution in [1.82, 2.24) is 19.1 Å². The average molecular weight is 514 g/mol. The van der Waals surface area contributed by atoms with E-state index in [9.17, 15) is 30.0 Å². The second-order valence-electron chi connectivity index (χ2n) is 8.46. The van der Waals surface area contributed by atoms with Crippen LogP contribution in [0.5, 0.6) is 0 Å². The minimum atomic E-state index is -1.32.